The lowest BCUT2D eigenvalue weighted by Gasteiger charge is -2.29. The van der Waals surface area contributed by atoms with E-state index in [0.717, 1.165) is 29.7 Å². The summed E-state index contributed by atoms with van der Waals surface area (Å²) in [6.45, 7) is 3.60. The Morgan fingerprint density at radius 2 is 1.69 bits per heavy atom. The number of fused-ring (bicyclic) bond motifs is 2. The van der Waals surface area contributed by atoms with Gasteiger partial charge in [-0.25, -0.2) is 8.42 Å². The molecule has 2 aromatic carbocycles. The van der Waals surface area contributed by atoms with Crippen LogP contribution in [0.2, 0.25) is 0 Å². The van der Waals surface area contributed by atoms with E-state index in [1.807, 2.05) is 19.2 Å². The number of amides is 1. The van der Waals surface area contributed by atoms with Crippen molar-refractivity contribution in [2.45, 2.75) is 24.0 Å². The second-order valence-electron chi connectivity index (χ2n) is 9.86. The first-order valence-corrected chi connectivity index (χ1v) is 13.6. The maximum atomic E-state index is 13.3. The fourth-order valence-electron chi connectivity index (χ4n) is 5.51. The summed E-state index contributed by atoms with van der Waals surface area (Å²) in [5, 5.41) is 11.0. The van der Waals surface area contributed by atoms with E-state index in [9.17, 15) is 18.3 Å². The van der Waals surface area contributed by atoms with E-state index in [-0.39, 0.29) is 23.9 Å². The number of sulfonamides is 1. The molecule has 1 N–H and O–H groups in total. The van der Waals surface area contributed by atoms with Crippen LogP contribution in [0.1, 0.15) is 22.8 Å². The molecule has 36 heavy (non-hydrogen) atoms. The second kappa shape index (κ2) is 8.88. The molecule has 0 fully saturated rings. The van der Waals surface area contributed by atoms with Crippen molar-refractivity contribution < 1.29 is 27.8 Å². The molecule has 190 valence electrons. The molecule has 6 rings (SSSR count). The number of aliphatic hydroxyl groups is 1. The fourth-order valence-corrected chi connectivity index (χ4v) is 6.95. The third kappa shape index (κ3) is 3.98. The van der Waals surface area contributed by atoms with Crippen LogP contribution in [0.4, 0.5) is 0 Å². The van der Waals surface area contributed by atoms with E-state index in [4.69, 9.17) is 9.47 Å². The van der Waals surface area contributed by atoms with Gasteiger partial charge in [0.25, 0.3) is 5.91 Å². The summed E-state index contributed by atoms with van der Waals surface area (Å²) in [6, 6.07) is 10.5. The lowest BCUT2D eigenvalue weighted by atomic mass is 9.92. The van der Waals surface area contributed by atoms with Gasteiger partial charge in [-0.2, -0.15) is 4.31 Å². The first-order valence-electron chi connectivity index (χ1n) is 12.2. The minimum Gasteiger partial charge on any atom is -0.486 e. The molecule has 0 spiro atoms. The highest BCUT2D eigenvalue weighted by Gasteiger charge is 2.39. The number of hydrogen-bond donors (Lipinski definition) is 1. The van der Waals surface area contributed by atoms with Gasteiger partial charge in [0.1, 0.15) is 13.2 Å². The van der Waals surface area contributed by atoms with Crippen LogP contribution in [-0.4, -0.2) is 86.5 Å². The van der Waals surface area contributed by atoms with Gasteiger partial charge in [-0.3, -0.25) is 4.79 Å². The molecule has 0 bridgehead atoms. The van der Waals surface area contributed by atoms with Gasteiger partial charge in [0.15, 0.2) is 17.6 Å². The number of nitrogens with zero attached hydrogens (tertiary/aromatic N) is 3. The van der Waals surface area contributed by atoms with E-state index in [2.05, 4.69) is 11.0 Å². The first-order chi connectivity index (χ1) is 17.3. The summed E-state index contributed by atoms with van der Waals surface area (Å²) in [5.74, 6) is 0.635. The molecule has 1 amide bonds. The molecule has 2 aromatic rings. The smallest absolute Gasteiger partial charge is 0.256 e. The Kier molecular flexibility index (Phi) is 5.79. The summed E-state index contributed by atoms with van der Waals surface area (Å²) in [7, 11) is -1.69. The van der Waals surface area contributed by atoms with Gasteiger partial charge in [0, 0.05) is 45.3 Å². The normalized spacial score (nSPS) is 20.9. The predicted octanol–water partition coefficient (Wildman–Crippen LogP) is 1.32. The number of aliphatic hydroxyl groups excluding tert-OH is 1. The molecule has 9 nitrogen and oxygen atoms in total. The van der Waals surface area contributed by atoms with Gasteiger partial charge < -0.3 is 24.4 Å². The van der Waals surface area contributed by atoms with E-state index in [0.29, 0.717) is 49.9 Å². The molecular weight excluding hydrogens is 482 g/mol. The molecule has 4 aliphatic heterocycles. The van der Waals surface area contributed by atoms with Gasteiger partial charge in [-0.15, -0.1) is 0 Å². The lowest BCUT2D eigenvalue weighted by molar-refractivity contribution is -0.139. The highest BCUT2D eigenvalue weighted by molar-refractivity contribution is 7.89. The fraction of sp³-hybridized carbons (Fsp3) is 0.423. The van der Waals surface area contributed by atoms with E-state index in [1.165, 1.54) is 22.0 Å². The number of likely N-dealkylation sites (N-methyl/N-ethyl adjacent to an activating group) is 1. The zero-order valence-electron chi connectivity index (χ0n) is 20.1. The quantitative estimate of drug-likeness (QED) is 0.618. The van der Waals surface area contributed by atoms with Crippen molar-refractivity contribution in [3.8, 4) is 11.5 Å². The van der Waals surface area contributed by atoms with Gasteiger partial charge in [0.05, 0.1) is 4.90 Å². The molecule has 0 saturated heterocycles. The maximum absolute atomic E-state index is 13.3. The van der Waals surface area contributed by atoms with Crippen molar-refractivity contribution in [3.05, 3.63) is 64.2 Å². The molecule has 4 heterocycles. The molecule has 4 aliphatic rings. The van der Waals surface area contributed by atoms with Crippen molar-refractivity contribution in [2.24, 2.45) is 0 Å². The Morgan fingerprint density at radius 3 is 2.44 bits per heavy atom. The van der Waals surface area contributed by atoms with Crippen LogP contribution in [-0.2, 0) is 27.8 Å². The highest BCUT2D eigenvalue weighted by atomic mass is 32.2. The Bertz CT molecular complexity index is 1350. The monoisotopic (exact) mass is 511 g/mol. The van der Waals surface area contributed by atoms with Gasteiger partial charge in [-0.05, 0) is 53.4 Å². The zero-order valence-corrected chi connectivity index (χ0v) is 21.0. The summed E-state index contributed by atoms with van der Waals surface area (Å²) >= 11 is 0. The van der Waals surface area contributed by atoms with Crippen LogP contribution < -0.4 is 9.47 Å². The Balaban J connectivity index is 1.14. The van der Waals surface area contributed by atoms with E-state index < -0.39 is 16.1 Å². The molecule has 0 saturated carbocycles. The van der Waals surface area contributed by atoms with Gasteiger partial charge >= 0.3 is 0 Å². The van der Waals surface area contributed by atoms with Crippen molar-refractivity contribution in [1.82, 2.24) is 14.1 Å². The molecule has 1 atom stereocenters. The minimum atomic E-state index is -3.73. The molecule has 1 unspecified atom stereocenters. The van der Waals surface area contributed by atoms with E-state index in [1.54, 1.807) is 11.0 Å². The molecule has 0 aromatic heterocycles. The topological polar surface area (TPSA) is 99.6 Å². The molecule has 0 radical (unpaired) electrons. The van der Waals surface area contributed by atoms with Crippen LogP contribution in [0, 0.1) is 0 Å². The number of carbonyl (C=O) groups excluding carboxylic acids is 1. The number of ether oxygens (including phenoxy) is 2. The zero-order chi connectivity index (χ0) is 25.0. The predicted molar refractivity (Wildman–Crippen MR) is 131 cm³/mol. The number of rotatable bonds is 4. The average Bonchev–Trinajstić information content (AvgIpc) is 3.47. The van der Waals surface area contributed by atoms with E-state index >= 15 is 0 Å². The van der Waals surface area contributed by atoms with Crippen LogP contribution in [0.15, 0.2) is 52.4 Å². The summed E-state index contributed by atoms with van der Waals surface area (Å²) in [4.78, 5) is 17.2. The Labute approximate surface area is 210 Å². The second-order valence-corrected chi connectivity index (χ2v) is 11.8. The largest absolute Gasteiger partial charge is 0.486 e. The number of carbonyl (C=O) groups is 1. The standard InChI is InChI=1S/C26H29N3O6S/c1-27-8-7-17-3-2-4-21(22(17)16-27)25(30)26(31)28-12-18-14-29(15-19(18)13-28)36(32,33)20-5-6-23-24(11-20)35-10-9-34-23/h2-6,11,25,30H,7-10,12-16H2,1H3. The van der Waals surface area contributed by atoms with Crippen molar-refractivity contribution >= 4 is 15.9 Å². The van der Waals surface area contributed by atoms with Crippen LogP contribution in [0.25, 0.3) is 0 Å². The van der Waals surface area contributed by atoms with Crippen LogP contribution >= 0.6 is 0 Å². The number of benzene rings is 2. The molecular formula is C26H29N3O6S. The van der Waals surface area contributed by atoms with Crippen LogP contribution in [0.5, 0.6) is 11.5 Å². The third-order valence-electron chi connectivity index (χ3n) is 7.49. The molecule has 10 heteroatoms. The maximum Gasteiger partial charge on any atom is 0.256 e. The van der Waals surface area contributed by atoms with Crippen molar-refractivity contribution in [1.29, 1.82) is 0 Å². The van der Waals surface area contributed by atoms with Crippen molar-refractivity contribution in [3.63, 3.8) is 0 Å². The summed E-state index contributed by atoms with van der Waals surface area (Å²) in [6.07, 6.45) is -0.336. The number of hydrogen-bond acceptors (Lipinski definition) is 7. The SMILES string of the molecule is CN1CCc2cccc(C(O)C(=O)N3CC4=C(C3)CN(S(=O)(=O)c3ccc5c(c3)OCCO5)C4)c2C1. The minimum absolute atomic E-state index is 0.162. The Hall–Kier alpha value is -2.92. The van der Waals surface area contributed by atoms with Gasteiger partial charge in [0.2, 0.25) is 10.0 Å². The van der Waals surface area contributed by atoms with Gasteiger partial charge in [-0.1, -0.05) is 18.2 Å². The lowest BCUT2D eigenvalue weighted by Crippen LogP contribution is -2.39. The Morgan fingerprint density at radius 1 is 0.972 bits per heavy atom. The first kappa shape index (κ1) is 23.5. The summed E-state index contributed by atoms with van der Waals surface area (Å²) in [5.41, 5.74) is 4.72. The molecule has 0 aliphatic carbocycles. The summed E-state index contributed by atoms with van der Waals surface area (Å²) < 4.78 is 39.1. The third-order valence-corrected chi connectivity index (χ3v) is 9.28. The average molecular weight is 512 g/mol. The van der Waals surface area contributed by atoms with Crippen LogP contribution in [0.3, 0.4) is 0 Å². The highest BCUT2D eigenvalue weighted by Crippen LogP contribution is 2.36. The van der Waals surface area contributed by atoms with Crippen molar-refractivity contribution in [2.75, 3.05) is 53.0 Å².